The van der Waals surface area contributed by atoms with Crippen molar-refractivity contribution >= 4 is 0 Å². The molecule has 0 amide bonds. The van der Waals surface area contributed by atoms with Crippen LogP contribution in [0.25, 0.3) is 11.4 Å². The Morgan fingerprint density at radius 2 is 1.90 bits per heavy atom. The summed E-state index contributed by atoms with van der Waals surface area (Å²) in [5.41, 5.74) is -0.467. The summed E-state index contributed by atoms with van der Waals surface area (Å²) in [6, 6.07) is 2.32. The number of methoxy groups -OCH3 is 1. The average molecular weight is 308 g/mol. The number of hydrogen-bond donors (Lipinski definition) is 0. The topological polar surface area (TPSA) is 48.2 Å². The van der Waals surface area contributed by atoms with Crippen molar-refractivity contribution in [2.45, 2.75) is 12.6 Å². The van der Waals surface area contributed by atoms with Crippen LogP contribution in [0.3, 0.4) is 0 Å². The van der Waals surface area contributed by atoms with Crippen LogP contribution in [0.2, 0.25) is 0 Å². The molecule has 21 heavy (non-hydrogen) atoms. The maximum Gasteiger partial charge on any atom is 0.471 e. The van der Waals surface area contributed by atoms with E-state index in [0.717, 1.165) is 6.07 Å². The van der Waals surface area contributed by atoms with Gasteiger partial charge in [0.1, 0.15) is 0 Å². The van der Waals surface area contributed by atoms with Crippen molar-refractivity contribution in [3.05, 3.63) is 35.2 Å². The van der Waals surface area contributed by atoms with Crippen LogP contribution in [-0.2, 0) is 17.3 Å². The quantitative estimate of drug-likeness (QED) is 0.814. The highest BCUT2D eigenvalue weighted by molar-refractivity contribution is 5.56. The van der Waals surface area contributed by atoms with Gasteiger partial charge in [0, 0.05) is 7.11 Å². The Labute approximate surface area is 115 Å². The molecule has 0 aliphatic rings. The zero-order valence-electron chi connectivity index (χ0n) is 10.7. The van der Waals surface area contributed by atoms with Crippen molar-refractivity contribution in [2.75, 3.05) is 13.7 Å². The number of nitrogens with zero attached hydrogens (tertiary/aromatic N) is 2. The van der Waals surface area contributed by atoms with E-state index in [1.807, 2.05) is 0 Å². The second kappa shape index (κ2) is 5.76. The third-order valence-electron chi connectivity index (χ3n) is 2.65. The lowest BCUT2D eigenvalue weighted by atomic mass is 10.1. The molecule has 114 valence electrons. The third kappa shape index (κ3) is 3.18. The van der Waals surface area contributed by atoms with Crippen molar-refractivity contribution in [3.63, 3.8) is 0 Å². The van der Waals surface area contributed by atoms with Gasteiger partial charge in [-0.1, -0.05) is 11.2 Å². The van der Waals surface area contributed by atoms with Crippen molar-refractivity contribution in [2.24, 2.45) is 0 Å². The molecule has 0 N–H and O–H groups in total. The highest BCUT2D eigenvalue weighted by Crippen LogP contribution is 2.31. The van der Waals surface area contributed by atoms with E-state index >= 15 is 0 Å². The van der Waals surface area contributed by atoms with Gasteiger partial charge in [0.25, 0.3) is 0 Å². The smallest absolute Gasteiger partial charge is 0.384 e. The molecule has 1 heterocycles. The Balaban J connectivity index is 2.37. The minimum atomic E-state index is -4.85. The normalized spacial score (nSPS) is 11.9. The Morgan fingerprint density at radius 1 is 1.19 bits per heavy atom. The molecule has 2 rings (SSSR count). The molecule has 4 nitrogen and oxygen atoms in total. The molecule has 0 fully saturated rings. The van der Waals surface area contributed by atoms with Crippen LogP contribution < -0.4 is 0 Å². The van der Waals surface area contributed by atoms with Gasteiger partial charge in [-0.05, 0) is 18.1 Å². The molecule has 1 aromatic carbocycles. The predicted molar refractivity (Wildman–Crippen MR) is 60.2 cm³/mol. The second-order valence-corrected chi connectivity index (χ2v) is 4.06. The summed E-state index contributed by atoms with van der Waals surface area (Å²) < 4.78 is 73.3. The minimum absolute atomic E-state index is 0.0395. The molecule has 2 aromatic rings. The summed E-state index contributed by atoms with van der Waals surface area (Å²) in [4.78, 5) is 3.01. The van der Waals surface area contributed by atoms with E-state index in [0.29, 0.717) is 0 Å². The van der Waals surface area contributed by atoms with Crippen molar-refractivity contribution in [3.8, 4) is 11.4 Å². The summed E-state index contributed by atoms with van der Waals surface area (Å²) in [7, 11) is 1.40. The zero-order valence-corrected chi connectivity index (χ0v) is 10.7. The molecule has 0 aliphatic heterocycles. The fourth-order valence-corrected chi connectivity index (χ4v) is 1.62. The molecular formula is C12H9F5N2O2. The number of alkyl halides is 3. The lowest BCUT2D eigenvalue weighted by molar-refractivity contribution is -0.159. The second-order valence-electron chi connectivity index (χ2n) is 4.06. The minimum Gasteiger partial charge on any atom is -0.384 e. The van der Waals surface area contributed by atoms with Gasteiger partial charge in [0.2, 0.25) is 5.82 Å². The fraction of sp³-hybridized carbons (Fsp3) is 0.333. The molecule has 0 atom stereocenters. The number of rotatable bonds is 4. The summed E-state index contributed by atoms with van der Waals surface area (Å²) in [6.07, 6.45) is -4.72. The van der Waals surface area contributed by atoms with Gasteiger partial charge in [-0.2, -0.15) is 18.2 Å². The average Bonchev–Trinajstić information content (AvgIpc) is 2.90. The molecule has 0 aliphatic carbocycles. The summed E-state index contributed by atoms with van der Waals surface area (Å²) in [5, 5.41) is 3.01. The van der Waals surface area contributed by atoms with Crippen molar-refractivity contribution < 1.29 is 31.2 Å². The molecule has 1 aromatic heterocycles. The van der Waals surface area contributed by atoms with E-state index in [9.17, 15) is 22.0 Å². The van der Waals surface area contributed by atoms with Gasteiger partial charge in [-0.3, -0.25) is 0 Å². The number of benzene rings is 1. The SMILES string of the molecule is COCCc1ccc(-c2noc(C(F)(F)F)n2)c(F)c1F. The largest absolute Gasteiger partial charge is 0.471 e. The molecular weight excluding hydrogens is 299 g/mol. The first-order valence-electron chi connectivity index (χ1n) is 5.71. The van der Waals surface area contributed by atoms with Crippen LogP contribution in [0, 0.1) is 11.6 Å². The van der Waals surface area contributed by atoms with Gasteiger partial charge in [0.15, 0.2) is 11.6 Å². The van der Waals surface area contributed by atoms with Gasteiger partial charge in [-0.15, -0.1) is 0 Å². The van der Waals surface area contributed by atoms with E-state index in [1.54, 1.807) is 0 Å². The van der Waals surface area contributed by atoms with Gasteiger partial charge < -0.3 is 9.26 Å². The summed E-state index contributed by atoms with van der Waals surface area (Å²) >= 11 is 0. The van der Waals surface area contributed by atoms with E-state index < -0.39 is 35.1 Å². The molecule has 0 radical (unpaired) electrons. The van der Waals surface area contributed by atoms with E-state index in [1.165, 1.54) is 13.2 Å². The van der Waals surface area contributed by atoms with Crippen LogP contribution in [0.5, 0.6) is 0 Å². The first kappa shape index (κ1) is 15.4. The Bertz CT molecular complexity index is 639. The number of ether oxygens (including phenoxy) is 1. The van der Waals surface area contributed by atoms with Crippen molar-refractivity contribution in [1.82, 2.24) is 10.1 Å². The van der Waals surface area contributed by atoms with E-state index in [2.05, 4.69) is 14.7 Å². The Hall–Kier alpha value is -2.03. The summed E-state index contributed by atoms with van der Waals surface area (Å²) in [5.74, 6) is -4.81. The standard InChI is InChI=1S/C12H9F5N2O2/c1-20-5-4-6-2-3-7(9(14)8(6)13)10-18-11(21-19-10)12(15,16)17/h2-3H,4-5H2,1H3. The maximum atomic E-state index is 13.9. The van der Waals surface area contributed by atoms with Gasteiger partial charge in [0.05, 0.1) is 12.2 Å². The first-order valence-corrected chi connectivity index (χ1v) is 5.71. The van der Waals surface area contributed by atoms with Crippen LogP contribution in [-0.4, -0.2) is 23.9 Å². The highest BCUT2D eigenvalue weighted by atomic mass is 19.4. The van der Waals surface area contributed by atoms with Gasteiger partial charge in [-0.25, -0.2) is 8.78 Å². The van der Waals surface area contributed by atoms with Crippen LogP contribution >= 0.6 is 0 Å². The maximum absolute atomic E-state index is 13.9. The van der Waals surface area contributed by atoms with Gasteiger partial charge >= 0.3 is 12.1 Å². The molecule has 0 saturated carbocycles. The molecule has 0 unspecified atom stereocenters. The van der Waals surface area contributed by atoms with Crippen LogP contribution in [0.15, 0.2) is 16.7 Å². The third-order valence-corrected chi connectivity index (χ3v) is 2.65. The number of hydrogen-bond acceptors (Lipinski definition) is 4. The monoisotopic (exact) mass is 308 g/mol. The first-order chi connectivity index (χ1) is 9.84. The van der Waals surface area contributed by atoms with E-state index in [-0.39, 0.29) is 18.6 Å². The van der Waals surface area contributed by atoms with Crippen LogP contribution in [0.4, 0.5) is 22.0 Å². The number of halogens is 5. The summed E-state index contributed by atoms with van der Waals surface area (Å²) in [6.45, 7) is 0.177. The lowest BCUT2D eigenvalue weighted by Crippen LogP contribution is -2.05. The predicted octanol–water partition coefficient (Wildman–Crippen LogP) is 3.22. The highest BCUT2D eigenvalue weighted by Gasteiger charge is 2.38. The molecule has 0 saturated heterocycles. The van der Waals surface area contributed by atoms with Crippen molar-refractivity contribution in [1.29, 1.82) is 0 Å². The molecule has 9 heteroatoms. The number of aromatic nitrogens is 2. The lowest BCUT2D eigenvalue weighted by Gasteiger charge is -2.05. The Kier molecular flexibility index (Phi) is 4.21. The van der Waals surface area contributed by atoms with E-state index in [4.69, 9.17) is 4.74 Å². The zero-order chi connectivity index (χ0) is 15.6. The fourth-order valence-electron chi connectivity index (χ4n) is 1.62. The molecule has 0 spiro atoms. The Morgan fingerprint density at radius 3 is 2.48 bits per heavy atom. The van der Waals surface area contributed by atoms with Crippen LogP contribution in [0.1, 0.15) is 11.5 Å². The molecule has 0 bridgehead atoms.